The van der Waals surface area contributed by atoms with Gasteiger partial charge in [-0.1, -0.05) is 13.8 Å². The molecule has 7 heteroatoms. The molecule has 0 saturated heterocycles. The van der Waals surface area contributed by atoms with Crippen LogP contribution in [0.3, 0.4) is 0 Å². The van der Waals surface area contributed by atoms with Crippen LogP contribution in [0.1, 0.15) is 38.8 Å². The molecule has 1 aromatic rings. The molecule has 21 heavy (non-hydrogen) atoms. The highest BCUT2D eigenvalue weighted by molar-refractivity contribution is 5.31. The Bertz CT molecular complexity index is 493. The largest absolute Gasteiger partial charge is 0.474 e. The second kappa shape index (κ2) is 6.07. The number of halogens is 3. The first-order chi connectivity index (χ1) is 9.79. The molecule has 2 rings (SSSR count). The minimum atomic E-state index is -4.51. The van der Waals surface area contributed by atoms with E-state index in [0.29, 0.717) is 11.8 Å². The number of alkyl halides is 3. The van der Waals surface area contributed by atoms with Gasteiger partial charge in [-0.05, 0) is 31.1 Å². The minimum absolute atomic E-state index is 0.0200. The number of hydrogen-bond acceptors (Lipinski definition) is 4. The first-order valence-corrected chi connectivity index (χ1v) is 7.10. The summed E-state index contributed by atoms with van der Waals surface area (Å²) in [4.78, 5) is 7.38. The summed E-state index contributed by atoms with van der Waals surface area (Å²) in [7, 11) is 1.48. The fourth-order valence-electron chi connectivity index (χ4n) is 2.52. The Balaban J connectivity index is 2.16. The molecule has 0 bridgehead atoms. The molecule has 1 aliphatic rings. The SMILES string of the molecule is CNc1nc(OC2CCC(C)C(C)C2)cc(C(F)(F)F)n1. The Morgan fingerprint density at radius 2 is 1.90 bits per heavy atom. The number of anilines is 1. The zero-order chi connectivity index (χ0) is 15.6. The molecule has 0 radical (unpaired) electrons. The summed E-state index contributed by atoms with van der Waals surface area (Å²) < 4.78 is 44.1. The van der Waals surface area contributed by atoms with Gasteiger partial charge in [-0.15, -0.1) is 0 Å². The van der Waals surface area contributed by atoms with E-state index >= 15 is 0 Å². The van der Waals surface area contributed by atoms with Crippen LogP contribution in [-0.2, 0) is 6.18 Å². The lowest BCUT2D eigenvalue weighted by molar-refractivity contribution is -0.141. The van der Waals surface area contributed by atoms with Crippen LogP contribution in [0.5, 0.6) is 5.88 Å². The number of nitrogens with zero attached hydrogens (tertiary/aromatic N) is 2. The lowest BCUT2D eigenvalue weighted by Crippen LogP contribution is -2.29. The van der Waals surface area contributed by atoms with Crippen LogP contribution < -0.4 is 10.1 Å². The van der Waals surface area contributed by atoms with Gasteiger partial charge in [-0.25, -0.2) is 4.98 Å². The van der Waals surface area contributed by atoms with Crippen molar-refractivity contribution in [2.45, 2.75) is 45.4 Å². The molecule has 1 aliphatic carbocycles. The Hall–Kier alpha value is -1.53. The van der Waals surface area contributed by atoms with Crippen molar-refractivity contribution in [2.75, 3.05) is 12.4 Å². The topological polar surface area (TPSA) is 47.0 Å². The molecule has 1 saturated carbocycles. The number of aromatic nitrogens is 2. The summed E-state index contributed by atoms with van der Waals surface area (Å²) in [6.45, 7) is 4.33. The molecule has 3 unspecified atom stereocenters. The maximum Gasteiger partial charge on any atom is 0.433 e. The molecule has 1 aromatic heterocycles. The van der Waals surface area contributed by atoms with Crippen molar-refractivity contribution in [3.05, 3.63) is 11.8 Å². The molecule has 0 spiro atoms. The second-order valence-corrected chi connectivity index (χ2v) is 5.67. The summed E-state index contributed by atoms with van der Waals surface area (Å²) in [5, 5.41) is 2.53. The van der Waals surface area contributed by atoms with E-state index in [1.165, 1.54) is 7.05 Å². The fourth-order valence-corrected chi connectivity index (χ4v) is 2.52. The molecule has 0 aromatic carbocycles. The molecule has 0 aliphatic heterocycles. The first-order valence-electron chi connectivity index (χ1n) is 7.10. The molecule has 1 heterocycles. The molecule has 118 valence electrons. The minimum Gasteiger partial charge on any atom is -0.474 e. The first kappa shape index (κ1) is 15.9. The Morgan fingerprint density at radius 3 is 2.48 bits per heavy atom. The highest BCUT2D eigenvalue weighted by Crippen LogP contribution is 2.33. The van der Waals surface area contributed by atoms with Crippen molar-refractivity contribution in [1.82, 2.24) is 9.97 Å². The summed E-state index contributed by atoms with van der Waals surface area (Å²) >= 11 is 0. The average molecular weight is 303 g/mol. The predicted molar refractivity (Wildman–Crippen MR) is 73.2 cm³/mol. The van der Waals surface area contributed by atoms with Gasteiger partial charge in [-0.3, -0.25) is 0 Å². The van der Waals surface area contributed by atoms with Gasteiger partial charge in [0.2, 0.25) is 11.8 Å². The third kappa shape index (κ3) is 3.98. The number of rotatable bonds is 3. The van der Waals surface area contributed by atoms with E-state index in [9.17, 15) is 13.2 Å². The van der Waals surface area contributed by atoms with Crippen LogP contribution in [0.4, 0.5) is 19.1 Å². The second-order valence-electron chi connectivity index (χ2n) is 5.67. The third-order valence-corrected chi connectivity index (χ3v) is 4.05. The predicted octanol–water partition coefficient (Wildman–Crippen LogP) is 3.74. The quantitative estimate of drug-likeness (QED) is 0.924. The Morgan fingerprint density at radius 1 is 1.19 bits per heavy atom. The van der Waals surface area contributed by atoms with E-state index in [-0.39, 0.29) is 17.9 Å². The van der Waals surface area contributed by atoms with Crippen LogP contribution in [0.2, 0.25) is 0 Å². The van der Waals surface area contributed by atoms with E-state index in [1.807, 2.05) is 0 Å². The van der Waals surface area contributed by atoms with Gasteiger partial charge in [0, 0.05) is 13.1 Å². The summed E-state index contributed by atoms with van der Waals surface area (Å²) in [6, 6.07) is 0.865. The smallest absolute Gasteiger partial charge is 0.433 e. The molecular weight excluding hydrogens is 283 g/mol. The van der Waals surface area contributed by atoms with Crippen LogP contribution >= 0.6 is 0 Å². The van der Waals surface area contributed by atoms with Gasteiger partial charge >= 0.3 is 6.18 Å². The Kier molecular flexibility index (Phi) is 4.58. The number of ether oxygens (including phenoxy) is 1. The zero-order valence-electron chi connectivity index (χ0n) is 12.4. The highest BCUT2D eigenvalue weighted by atomic mass is 19.4. The maximum absolute atomic E-state index is 12.8. The van der Waals surface area contributed by atoms with Crippen molar-refractivity contribution in [3.8, 4) is 5.88 Å². The number of nitrogens with one attached hydrogen (secondary N) is 1. The van der Waals surface area contributed by atoms with E-state index in [4.69, 9.17) is 4.74 Å². The lowest BCUT2D eigenvalue weighted by Gasteiger charge is -2.32. The molecular formula is C14H20F3N3O. The molecule has 4 nitrogen and oxygen atoms in total. The van der Waals surface area contributed by atoms with Crippen molar-refractivity contribution >= 4 is 5.95 Å². The van der Waals surface area contributed by atoms with E-state index in [1.54, 1.807) is 0 Å². The van der Waals surface area contributed by atoms with E-state index in [2.05, 4.69) is 29.1 Å². The maximum atomic E-state index is 12.8. The van der Waals surface area contributed by atoms with Crippen molar-refractivity contribution in [2.24, 2.45) is 11.8 Å². The average Bonchev–Trinajstić information content (AvgIpc) is 2.41. The zero-order valence-corrected chi connectivity index (χ0v) is 12.4. The van der Waals surface area contributed by atoms with Gasteiger partial charge in [0.25, 0.3) is 0 Å². The van der Waals surface area contributed by atoms with Crippen molar-refractivity contribution in [1.29, 1.82) is 0 Å². The number of hydrogen-bond donors (Lipinski definition) is 1. The van der Waals surface area contributed by atoms with Crippen LogP contribution in [0, 0.1) is 11.8 Å². The van der Waals surface area contributed by atoms with Gasteiger partial charge in [0.05, 0.1) is 0 Å². The summed E-state index contributed by atoms with van der Waals surface area (Å²) in [6.07, 6.45) is -1.91. The van der Waals surface area contributed by atoms with Gasteiger partial charge in [0.15, 0.2) is 5.69 Å². The van der Waals surface area contributed by atoms with Gasteiger partial charge in [-0.2, -0.15) is 18.2 Å². The van der Waals surface area contributed by atoms with Crippen molar-refractivity contribution in [3.63, 3.8) is 0 Å². The standard InChI is InChI=1S/C14H20F3N3O/c1-8-4-5-10(6-9(8)2)21-12-7-11(14(15,16)17)19-13(18-3)20-12/h7-10H,4-6H2,1-3H3,(H,18,19,20). The van der Waals surface area contributed by atoms with E-state index in [0.717, 1.165) is 25.3 Å². The molecule has 1 fully saturated rings. The molecule has 3 atom stereocenters. The lowest BCUT2D eigenvalue weighted by atomic mass is 9.80. The van der Waals surface area contributed by atoms with Crippen molar-refractivity contribution < 1.29 is 17.9 Å². The monoisotopic (exact) mass is 303 g/mol. The van der Waals surface area contributed by atoms with Crippen LogP contribution in [0.25, 0.3) is 0 Å². The van der Waals surface area contributed by atoms with Crippen LogP contribution in [-0.4, -0.2) is 23.1 Å². The normalized spacial score (nSPS) is 26.5. The summed E-state index contributed by atoms with van der Waals surface area (Å²) in [5.41, 5.74) is -0.992. The Labute approximate surface area is 122 Å². The summed E-state index contributed by atoms with van der Waals surface area (Å²) in [5.74, 6) is 1.01. The highest BCUT2D eigenvalue weighted by Gasteiger charge is 2.34. The molecule has 0 amide bonds. The fraction of sp³-hybridized carbons (Fsp3) is 0.714. The van der Waals surface area contributed by atoms with Crippen LogP contribution in [0.15, 0.2) is 6.07 Å². The molecule has 1 N–H and O–H groups in total. The van der Waals surface area contributed by atoms with Gasteiger partial charge in [0.1, 0.15) is 6.10 Å². The van der Waals surface area contributed by atoms with Gasteiger partial charge < -0.3 is 10.1 Å². The third-order valence-electron chi connectivity index (χ3n) is 4.05. The van der Waals surface area contributed by atoms with E-state index < -0.39 is 11.9 Å².